The molecule has 1 unspecified atom stereocenters. The summed E-state index contributed by atoms with van der Waals surface area (Å²) in [5.41, 5.74) is -0.777. The minimum absolute atomic E-state index is 0.0750. The highest BCUT2D eigenvalue weighted by Crippen LogP contribution is 2.45. The number of amides is 1. The Morgan fingerprint density at radius 2 is 1.94 bits per heavy atom. The average molecular weight is 479 g/mol. The fourth-order valence-corrected chi connectivity index (χ4v) is 4.29. The minimum Gasteiger partial charge on any atom is -0.321 e. The lowest BCUT2D eigenvalue weighted by Gasteiger charge is -2.36. The monoisotopic (exact) mass is 479 g/mol. The van der Waals surface area contributed by atoms with Gasteiger partial charge in [0.2, 0.25) is 0 Å². The molecule has 2 N–H and O–H groups in total. The number of rotatable bonds is 6. The van der Waals surface area contributed by atoms with E-state index in [1.165, 1.54) is 25.3 Å². The summed E-state index contributed by atoms with van der Waals surface area (Å²) in [5, 5.41) is 6.26. The van der Waals surface area contributed by atoms with Crippen LogP contribution in [-0.4, -0.2) is 37.3 Å². The summed E-state index contributed by atoms with van der Waals surface area (Å²) in [6.07, 6.45) is -2.24. The van der Waals surface area contributed by atoms with Crippen LogP contribution < -0.4 is 5.32 Å². The van der Waals surface area contributed by atoms with Crippen LogP contribution in [0.2, 0.25) is 0 Å². The van der Waals surface area contributed by atoms with E-state index in [1.54, 1.807) is 0 Å². The van der Waals surface area contributed by atoms with Gasteiger partial charge in [-0.2, -0.15) is 27.1 Å². The molecule has 3 rings (SSSR count). The van der Waals surface area contributed by atoms with E-state index in [-0.39, 0.29) is 41.4 Å². The van der Waals surface area contributed by atoms with Crippen molar-refractivity contribution in [3.63, 3.8) is 0 Å². The molecular formula is C19H22F5N5O2S. The second kappa shape index (κ2) is 8.09. The van der Waals surface area contributed by atoms with Gasteiger partial charge in [0.15, 0.2) is 0 Å². The molecule has 2 heterocycles. The molecule has 1 amide bonds. The Morgan fingerprint density at radius 1 is 1.31 bits per heavy atom. The molecule has 2 aromatic rings. The van der Waals surface area contributed by atoms with Crippen LogP contribution in [0.15, 0.2) is 23.4 Å². The Kier molecular flexibility index (Phi) is 6.09. The molecule has 0 aromatic carbocycles. The van der Waals surface area contributed by atoms with Crippen molar-refractivity contribution in [1.29, 1.82) is 4.78 Å². The third kappa shape index (κ3) is 5.08. The summed E-state index contributed by atoms with van der Waals surface area (Å²) in [4.78, 5) is 16.8. The first kappa shape index (κ1) is 24.1. The zero-order chi connectivity index (χ0) is 24.1. The number of pyridine rings is 1. The number of aromatic nitrogens is 3. The van der Waals surface area contributed by atoms with E-state index < -0.39 is 45.3 Å². The number of halogens is 5. The average Bonchev–Trinajstić information content (AvgIpc) is 2.92. The highest BCUT2D eigenvalue weighted by Gasteiger charge is 2.48. The Hall–Kier alpha value is -2.57. The fourth-order valence-electron chi connectivity index (χ4n) is 3.68. The number of carbonyl (C=O) groups excluding carboxylic acids is 1. The van der Waals surface area contributed by atoms with Crippen molar-refractivity contribution in [2.24, 2.45) is 11.8 Å². The largest absolute Gasteiger partial charge is 0.391 e. The molecule has 0 aliphatic heterocycles. The number of nitrogens with one attached hydrogen (secondary N) is 2. The smallest absolute Gasteiger partial charge is 0.321 e. The van der Waals surface area contributed by atoms with Crippen LogP contribution >= 0.6 is 0 Å². The Labute approximate surface area is 181 Å². The molecular weight excluding hydrogens is 457 g/mol. The van der Waals surface area contributed by atoms with E-state index >= 15 is 0 Å². The molecule has 32 heavy (non-hydrogen) atoms. The molecule has 1 saturated carbocycles. The number of carbonyl (C=O) groups is 1. The van der Waals surface area contributed by atoms with E-state index in [2.05, 4.69) is 15.4 Å². The zero-order valence-electron chi connectivity index (χ0n) is 17.5. The summed E-state index contributed by atoms with van der Waals surface area (Å²) < 4.78 is 86.9. The number of nitrogens with zero attached hydrogens (tertiary/aromatic N) is 3. The van der Waals surface area contributed by atoms with Crippen LogP contribution in [-0.2, 0) is 22.2 Å². The summed E-state index contributed by atoms with van der Waals surface area (Å²) in [5.74, 6) is -6.06. The molecule has 13 heteroatoms. The van der Waals surface area contributed by atoms with Gasteiger partial charge in [-0.1, -0.05) is 0 Å². The van der Waals surface area contributed by atoms with Crippen molar-refractivity contribution < 1.29 is 31.0 Å². The minimum atomic E-state index is -4.31. The highest BCUT2D eigenvalue weighted by molar-refractivity contribution is 7.91. The quantitative estimate of drug-likeness (QED) is 0.593. The maximum absolute atomic E-state index is 14.0. The first-order chi connectivity index (χ1) is 14.6. The van der Waals surface area contributed by atoms with Gasteiger partial charge in [0.05, 0.1) is 15.6 Å². The predicted molar refractivity (Wildman–Crippen MR) is 106 cm³/mol. The lowest BCUT2D eigenvalue weighted by atomic mass is 9.74. The van der Waals surface area contributed by atoms with E-state index in [9.17, 15) is 31.0 Å². The normalized spacial score (nSPS) is 21.0. The lowest BCUT2D eigenvalue weighted by Crippen LogP contribution is -2.38. The number of anilines is 1. The van der Waals surface area contributed by atoms with Crippen molar-refractivity contribution in [1.82, 2.24) is 14.8 Å². The van der Waals surface area contributed by atoms with Gasteiger partial charge in [-0.05, 0) is 37.8 Å². The van der Waals surface area contributed by atoms with Crippen molar-refractivity contribution in [2.45, 2.75) is 50.4 Å². The van der Waals surface area contributed by atoms with E-state index in [4.69, 9.17) is 4.78 Å². The Bertz CT molecular complexity index is 1130. The molecule has 2 aromatic heterocycles. The summed E-state index contributed by atoms with van der Waals surface area (Å²) >= 11 is 0. The molecule has 1 fully saturated rings. The molecule has 1 aliphatic rings. The standard InChI is InChI=1S/C19H22F5N5O2S/c1-10-15(17(30)27-13-4-5-26-14(8-13)32(3,25)31)29(28-16(10)18(2,20)21)9-11-6-12(7-11)19(22,23)24/h4-5,8,11-12,25H,6-7,9H2,1-3H3,(H,26,27,30)/t11-,12+,32?. The molecule has 0 saturated heterocycles. The van der Waals surface area contributed by atoms with Crippen LogP contribution in [0.5, 0.6) is 0 Å². The van der Waals surface area contributed by atoms with Gasteiger partial charge in [0.25, 0.3) is 11.8 Å². The molecule has 0 bridgehead atoms. The second-order valence-electron chi connectivity index (χ2n) is 8.15. The Balaban J connectivity index is 1.89. The topological polar surface area (TPSA) is 101 Å². The molecule has 7 nitrogen and oxygen atoms in total. The van der Waals surface area contributed by atoms with Gasteiger partial charge >= 0.3 is 6.18 Å². The summed E-state index contributed by atoms with van der Waals surface area (Å²) in [6, 6.07) is 2.61. The maximum Gasteiger partial charge on any atom is 0.391 e. The summed E-state index contributed by atoms with van der Waals surface area (Å²) in [6.45, 7) is 1.81. The zero-order valence-corrected chi connectivity index (χ0v) is 18.3. The number of hydrogen-bond donors (Lipinski definition) is 2. The molecule has 1 aliphatic carbocycles. The van der Waals surface area contributed by atoms with Gasteiger partial charge in [-0.25, -0.2) is 14.0 Å². The van der Waals surface area contributed by atoms with Crippen LogP contribution in [0, 0.1) is 23.5 Å². The maximum atomic E-state index is 14.0. The highest BCUT2D eigenvalue weighted by atomic mass is 32.2. The van der Waals surface area contributed by atoms with Crippen molar-refractivity contribution >= 4 is 21.3 Å². The Morgan fingerprint density at radius 3 is 2.47 bits per heavy atom. The lowest BCUT2D eigenvalue weighted by molar-refractivity contribution is -0.205. The van der Waals surface area contributed by atoms with Gasteiger partial charge in [0, 0.05) is 37.2 Å². The second-order valence-corrected chi connectivity index (χ2v) is 10.3. The first-order valence-electron chi connectivity index (χ1n) is 9.61. The van der Waals surface area contributed by atoms with Gasteiger partial charge < -0.3 is 5.32 Å². The molecule has 1 atom stereocenters. The molecule has 176 valence electrons. The van der Waals surface area contributed by atoms with Crippen molar-refractivity contribution in [2.75, 3.05) is 11.6 Å². The van der Waals surface area contributed by atoms with Gasteiger partial charge in [0.1, 0.15) is 16.4 Å². The molecule has 0 spiro atoms. The first-order valence-corrected chi connectivity index (χ1v) is 11.6. The van der Waals surface area contributed by atoms with E-state index in [0.717, 1.165) is 10.9 Å². The SMILES string of the molecule is Cc1c(C(C)(F)F)nn(C[C@H]2C[C@@H](C(F)(F)F)C2)c1C(=O)Nc1ccnc(S(C)(=N)=O)c1. The summed E-state index contributed by atoms with van der Waals surface area (Å²) in [7, 11) is -3.16. The van der Waals surface area contributed by atoms with Gasteiger partial charge in [-0.3, -0.25) is 9.48 Å². The van der Waals surface area contributed by atoms with Gasteiger partial charge in [-0.15, -0.1) is 0 Å². The van der Waals surface area contributed by atoms with E-state index in [1.807, 2.05) is 0 Å². The number of hydrogen-bond acceptors (Lipinski definition) is 5. The van der Waals surface area contributed by atoms with Crippen molar-refractivity contribution in [3.8, 4) is 0 Å². The fraction of sp³-hybridized carbons (Fsp3) is 0.526. The molecule has 0 radical (unpaired) electrons. The third-order valence-corrected chi connectivity index (χ3v) is 6.36. The third-order valence-electron chi connectivity index (χ3n) is 5.34. The van der Waals surface area contributed by atoms with Crippen LogP contribution in [0.4, 0.5) is 27.6 Å². The van der Waals surface area contributed by atoms with E-state index in [0.29, 0.717) is 6.92 Å². The van der Waals surface area contributed by atoms with Crippen LogP contribution in [0.3, 0.4) is 0 Å². The number of alkyl halides is 5. The predicted octanol–water partition coefficient (Wildman–Crippen LogP) is 4.57. The van der Waals surface area contributed by atoms with Crippen LogP contribution in [0.25, 0.3) is 0 Å². The van der Waals surface area contributed by atoms with Crippen molar-refractivity contribution in [3.05, 3.63) is 35.3 Å². The van der Waals surface area contributed by atoms with Crippen LogP contribution in [0.1, 0.15) is 41.5 Å².